The molecule has 1 aliphatic rings. The SMILES string of the molecule is O=[N+]([O-])c1cccc(C2=c3ccccc3=CC2Br)c1. The summed E-state index contributed by atoms with van der Waals surface area (Å²) in [5.74, 6) is 0. The van der Waals surface area contributed by atoms with Crippen LogP contribution in [0.2, 0.25) is 0 Å². The Hall–Kier alpha value is -1.94. The zero-order valence-electron chi connectivity index (χ0n) is 9.92. The van der Waals surface area contributed by atoms with Gasteiger partial charge in [0.25, 0.3) is 5.69 Å². The molecule has 3 rings (SSSR count). The van der Waals surface area contributed by atoms with Crippen LogP contribution in [-0.4, -0.2) is 9.75 Å². The lowest BCUT2D eigenvalue weighted by molar-refractivity contribution is -0.384. The maximum atomic E-state index is 10.9. The first-order chi connectivity index (χ1) is 9.16. The molecule has 19 heavy (non-hydrogen) atoms. The summed E-state index contributed by atoms with van der Waals surface area (Å²) in [6.45, 7) is 0. The van der Waals surface area contributed by atoms with Gasteiger partial charge in [0.05, 0.1) is 9.75 Å². The van der Waals surface area contributed by atoms with E-state index in [9.17, 15) is 10.1 Å². The molecule has 4 heteroatoms. The third-order valence-corrected chi connectivity index (χ3v) is 3.94. The summed E-state index contributed by atoms with van der Waals surface area (Å²) >= 11 is 3.62. The minimum absolute atomic E-state index is 0.0897. The molecule has 0 fully saturated rings. The molecular weight excluding hydrogens is 306 g/mol. The normalized spacial score (nSPS) is 16.9. The second-order valence-corrected chi connectivity index (χ2v) is 5.36. The maximum absolute atomic E-state index is 10.9. The van der Waals surface area contributed by atoms with E-state index in [-0.39, 0.29) is 15.4 Å². The Labute approximate surface area is 118 Å². The molecule has 0 heterocycles. The van der Waals surface area contributed by atoms with Crippen LogP contribution in [0.1, 0.15) is 5.56 Å². The molecule has 94 valence electrons. The summed E-state index contributed by atoms with van der Waals surface area (Å²) in [6.07, 6.45) is 2.11. The molecule has 1 aliphatic carbocycles. The van der Waals surface area contributed by atoms with Crippen molar-refractivity contribution in [1.29, 1.82) is 0 Å². The molecule has 0 radical (unpaired) electrons. The average Bonchev–Trinajstić information content (AvgIpc) is 2.74. The first-order valence-corrected chi connectivity index (χ1v) is 6.78. The van der Waals surface area contributed by atoms with Crippen molar-refractivity contribution in [1.82, 2.24) is 0 Å². The van der Waals surface area contributed by atoms with Crippen LogP contribution >= 0.6 is 15.9 Å². The van der Waals surface area contributed by atoms with Gasteiger partial charge in [-0.25, -0.2) is 0 Å². The number of halogens is 1. The third-order valence-electron chi connectivity index (χ3n) is 3.22. The molecule has 1 unspecified atom stereocenters. The molecule has 0 bridgehead atoms. The number of benzene rings is 2. The molecule has 0 aromatic heterocycles. The van der Waals surface area contributed by atoms with Crippen LogP contribution < -0.4 is 10.4 Å². The second kappa shape index (κ2) is 4.63. The molecule has 0 N–H and O–H groups in total. The molecule has 0 amide bonds. The van der Waals surface area contributed by atoms with Crippen molar-refractivity contribution in [3.05, 3.63) is 74.6 Å². The van der Waals surface area contributed by atoms with Gasteiger partial charge in [-0.15, -0.1) is 0 Å². The maximum Gasteiger partial charge on any atom is 0.270 e. The first kappa shape index (κ1) is 12.1. The van der Waals surface area contributed by atoms with Gasteiger partial charge >= 0.3 is 0 Å². The van der Waals surface area contributed by atoms with E-state index < -0.39 is 0 Å². The van der Waals surface area contributed by atoms with Crippen molar-refractivity contribution in [2.75, 3.05) is 0 Å². The van der Waals surface area contributed by atoms with E-state index in [1.165, 1.54) is 6.07 Å². The standard InChI is InChI=1S/C15H10BrNO2/c16-14-9-10-4-1-2-7-13(10)15(14)11-5-3-6-12(8-11)17(18)19/h1-9,14H. The number of fused-ring (bicyclic) bond motifs is 1. The van der Waals surface area contributed by atoms with Crippen molar-refractivity contribution in [2.24, 2.45) is 0 Å². The summed E-state index contributed by atoms with van der Waals surface area (Å²) < 4.78 is 0. The van der Waals surface area contributed by atoms with Crippen LogP contribution in [-0.2, 0) is 0 Å². The molecule has 2 aromatic carbocycles. The van der Waals surface area contributed by atoms with Gasteiger partial charge < -0.3 is 0 Å². The Bertz CT molecular complexity index is 783. The fraction of sp³-hybridized carbons (Fsp3) is 0.0667. The third kappa shape index (κ3) is 2.08. The molecule has 2 aromatic rings. The van der Waals surface area contributed by atoms with Gasteiger partial charge in [-0.2, -0.15) is 0 Å². The number of nitro benzene ring substituents is 1. The number of rotatable bonds is 2. The molecule has 0 spiro atoms. The topological polar surface area (TPSA) is 43.1 Å². The van der Waals surface area contributed by atoms with Crippen LogP contribution in [0.4, 0.5) is 5.69 Å². The van der Waals surface area contributed by atoms with E-state index in [2.05, 4.69) is 22.0 Å². The van der Waals surface area contributed by atoms with Gasteiger partial charge in [0.2, 0.25) is 0 Å². The fourth-order valence-corrected chi connectivity index (χ4v) is 3.17. The predicted molar refractivity (Wildman–Crippen MR) is 78.5 cm³/mol. The van der Waals surface area contributed by atoms with Gasteiger partial charge in [-0.1, -0.05) is 58.4 Å². The quantitative estimate of drug-likeness (QED) is 0.485. The van der Waals surface area contributed by atoms with Crippen molar-refractivity contribution < 1.29 is 4.92 Å². The van der Waals surface area contributed by atoms with Gasteiger partial charge in [0.1, 0.15) is 0 Å². The largest absolute Gasteiger partial charge is 0.270 e. The summed E-state index contributed by atoms with van der Waals surface area (Å²) in [4.78, 5) is 10.6. The van der Waals surface area contributed by atoms with Gasteiger partial charge in [0.15, 0.2) is 0 Å². The highest BCUT2D eigenvalue weighted by Gasteiger charge is 2.18. The van der Waals surface area contributed by atoms with Gasteiger partial charge in [-0.05, 0) is 21.6 Å². The molecule has 0 saturated heterocycles. The van der Waals surface area contributed by atoms with Gasteiger partial charge in [0, 0.05) is 12.1 Å². The highest BCUT2D eigenvalue weighted by atomic mass is 79.9. The van der Waals surface area contributed by atoms with E-state index in [0.717, 1.165) is 21.6 Å². The molecule has 0 saturated carbocycles. The van der Waals surface area contributed by atoms with Crippen molar-refractivity contribution in [2.45, 2.75) is 4.83 Å². The van der Waals surface area contributed by atoms with Gasteiger partial charge in [-0.3, -0.25) is 10.1 Å². The number of alkyl halides is 1. The monoisotopic (exact) mass is 315 g/mol. The number of hydrogen-bond donors (Lipinski definition) is 0. The van der Waals surface area contributed by atoms with Crippen LogP contribution in [0.5, 0.6) is 0 Å². The predicted octanol–water partition coefficient (Wildman–Crippen LogP) is 2.35. The van der Waals surface area contributed by atoms with E-state index in [0.29, 0.717) is 0 Å². The lowest BCUT2D eigenvalue weighted by Gasteiger charge is -2.07. The van der Waals surface area contributed by atoms with Crippen molar-refractivity contribution in [3.63, 3.8) is 0 Å². The molecule has 1 atom stereocenters. The van der Waals surface area contributed by atoms with Crippen molar-refractivity contribution in [3.8, 4) is 0 Å². The summed E-state index contributed by atoms with van der Waals surface area (Å²) in [7, 11) is 0. The summed E-state index contributed by atoms with van der Waals surface area (Å²) in [5, 5.41) is 13.2. The highest BCUT2D eigenvalue weighted by Crippen LogP contribution is 2.26. The zero-order chi connectivity index (χ0) is 13.4. The van der Waals surface area contributed by atoms with E-state index in [1.807, 2.05) is 30.3 Å². The Balaban J connectivity index is 2.26. The van der Waals surface area contributed by atoms with Crippen molar-refractivity contribution >= 4 is 33.3 Å². The zero-order valence-corrected chi connectivity index (χ0v) is 11.5. The van der Waals surface area contributed by atoms with Crippen LogP contribution in [0.15, 0.2) is 48.5 Å². The number of non-ortho nitro benzene ring substituents is 1. The molecule has 0 aliphatic heterocycles. The minimum atomic E-state index is -0.363. The second-order valence-electron chi connectivity index (χ2n) is 4.38. The van der Waals surface area contributed by atoms with Crippen LogP contribution in [0.25, 0.3) is 11.6 Å². The summed E-state index contributed by atoms with van der Waals surface area (Å²) in [6, 6.07) is 14.8. The van der Waals surface area contributed by atoms with Crippen LogP contribution in [0, 0.1) is 10.1 Å². The Kier molecular flexibility index (Phi) is 2.95. The van der Waals surface area contributed by atoms with Crippen LogP contribution in [0.3, 0.4) is 0 Å². The fourth-order valence-electron chi connectivity index (χ4n) is 2.38. The highest BCUT2D eigenvalue weighted by molar-refractivity contribution is 9.10. The Morgan fingerprint density at radius 3 is 2.68 bits per heavy atom. The molecular formula is C15H10BrNO2. The summed E-state index contributed by atoms with van der Waals surface area (Å²) in [5.41, 5.74) is 2.09. The van der Waals surface area contributed by atoms with E-state index in [4.69, 9.17) is 0 Å². The average molecular weight is 316 g/mol. The lowest BCUT2D eigenvalue weighted by Crippen LogP contribution is -2.22. The lowest BCUT2D eigenvalue weighted by atomic mass is 10.0. The minimum Gasteiger partial charge on any atom is -0.258 e. The smallest absolute Gasteiger partial charge is 0.258 e. The number of nitro groups is 1. The Morgan fingerprint density at radius 1 is 1.11 bits per heavy atom. The Morgan fingerprint density at radius 2 is 1.89 bits per heavy atom. The first-order valence-electron chi connectivity index (χ1n) is 5.87. The molecule has 3 nitrogen and oxygen atoms in total. The van der Waals surface area contributed by atoms with E-state index >= 15 is 0 Å². The number of hydrogen-bond acceptors (Lipinski definition) is 2. The van der Waals surface area contributed by atoms with E-state index in [1.54, 1.807) is 12.1 Å². The number of nitrogens with zero attached hydrogens (tertiary/aromatic N) is 1.